The molecule has 2 amide bonds. The fraction of sp³-hybridized carbons (Fsp3) is 0.619. The highest BCUT2D eigenvalue weighted by atomic mass is 16.2. The molecule has 1 aromatic carbocycles. The van der Waals surface area contributed by atoms with E-state index in [1.807, 2.05) is 24.5 Å². The highest BCUT2D eigenvalue weighted by Crippen LogP contribution is 2.47. The quantitative estimate of drug-likeness (QED) is 0.854. The lowest BCUT2D eigenvalue weighted by molar-refractivity contribution is 0.131. The van der Waals surface area contributed by atoms with Gasteiger partial charge >= 0.3 is 6.03 Å². The van der Waals surface area contributed by atoms with E-state index >= 15 is 0 Å². The van der Waals surface area contributed by atoms with Crippen molar-refractivity contribution in [1.29, 1.82) is 0 Å². The number of hydrogen-bond acceptors (Lipinski definition) is 2. The van der Waals surface area contributed by atoms with Gasteiger partial charge in [-0.05, 0) is 68.4 Å². The van der Waals surface area contributed by atoms with E-state index in [-0.39, 0.29) is 6.03 Å². The van der Waals surface area contributed by atoms with Gasteiger partial charge < -0.3 is 14.8 Å². The van der Waals surface area contributed by atoms with Crippen molar-refractivity contribution >= 4 is 17.1 Å². The molecule has 0 spiro atoms. The first-order chi connectivity index (χ1) is 12.8. The Morgan fingerprint density at radius 3 is 2.69 bits per heavy atom. The Balaban J connectivity index is 1.15. The molecule has 4 bridgehead atoms. The maximum atomic E-state index is 12.8. The van der Waals surface area contributed by atoms with Gasteiger partial charge in [-0.1, -0.05) is 12.1 Å². The number of nitrogens with zero attached hydrogens (tertiary/aromatic N) is 3. The fourth-order valence-electron chi connectivity index (χ4n) is 5.77. The number of imidazole rings is 1. The number of benzene rings is 1. The monoisotopic (exact) mass is 352 g/mol. The molecule has 2 aliphatic heterocycles. The van der Waals surface area contributed by atoms with Crippen LogP contribution in [0.3, 0.4) is 0 Å². The highest BCUT2D eigenvalue weighted by molar-refractivity contribution is 5.75. The number of aromatic nitrogens is 2. The molecule has 2 atom stereocenters. The number of hydrogen-bond donors (Lipinski definition) is 1. The Morgan fingerprint density at radius 2 is 1.85 bits per heavy atom. The minimum Gasteiger partial charge on any atom is -0.338 e. The summed E-state index contributed by atoms with van der Waals surface area (Å²) in [6.45, 7) is 2.60. The van der Waals surface area contributed by atoms with Gasteiger partial charge in [-0.3, -0.25) is 0 Å². The van der Waals surface area contributed by atoms with Crippen LogP contribution in [0.15, 0.2) is 30.6 Å². The molecule has 5 heteroatoms. The van der Waals surface area contributed by atoms with Crippen molar-refractivity contribution in [3.8, 4) is 0 Å². The normalized spacial score (nSPS) is 29.9. The number of nitrogens with one attached hydrogen (secondary N) is 1. The third-order valence-electron chi connectivity index (χ3n) is 6.75. The van der Waals surface area contributed by atoms with Gasteiger partial charge in [0.2, 0.25) is 0 Å². The van der Waals surface area contributed by atoms with Crippen LogP contribution in [-0.4, -0.2) is 39.6 Å². The summed E-state index contributed by atoms with van der Waals surface area (Å²) in [5, 5.41) is 3.19. The van der Waals surface area contributed by atoms with Gasteiger partial charge in [-0.25, -0.2) is 9.78 Å². The first-order valence-electron chi connectivity index (χ1n) is 10.2. The summed E-state index contributed by atoms with van der Waals surface area (Å²) >= 11 is 0. The average Bonchev–Trinajstić information content (AvgIpc) is 2.95. The molecule has 1 aromatic heterocycles. The Hall–Kier alpha value is -2.04. The van der Waals surface area contributed by atoms with E-state index in [4.69, 9.17) is 0 Å². The third-order valence-corrected chi connectivity index (χ3v) is 6.75. The van der Waals surface area contributed by atoms with Crippen molar-refractivity contribution in [3.05, 3.63) is 30.6 Å². The zero-order valence-corrected chi connectivity index (χ0v) is 15.3. The van der Waals surface area contributed by atoms with E-state index in [1.165, 1.54) is 37.6 Å². The van der Waals surface area contributed by atoms with Crippen LogP contribution >= 0.6 is 0 Å². The molecule has 5 nitrogen and oxygen atoms in total. The summed E-state index contributed by atoms with van der Waals surface area (Å²) in [5.41, 5.74) is 2.20. The van der Waals surface area contributed by atoms with Gasteiger partial charge in [0.15, 0.2) is 0 Å². The van der Waals surface area contributed by atoms with Crippen LogP contribution in [0.1, 0.15) is 38.5 Å². The molecule has 138 valence electrons. The minimum atomic E-state index is 0.165. The molecule has 6 rings (SSSR count). The molecule has 3 heterocycles. The summed E-state index contributed by atoms with van der Waals surface area (Å²) in [6, 6.07) is 8.85. The molecule has 0 radical (unpaired) electrons. The number of rotatable bonds is 4. The molecular weight excluding hydrogens is 324 g/mol. The van der Waals surface area contributed by atoms with Gasteiger partial charge in [-0.2, -0.15) is 0 Å². The summed E-state index contributed by atoms with van der Waals surface area (Å²) in [4.78, 5) is 19.4. The first kappa shape index (κ1) is 16.2. The molecule has 2 saturated heterocycles. The van der Waals surface area contributed by atoms with E-state index in [0.717, 1.165) is 49.3 Å². The smallest absolute Gasteiger partial charge is 0.317 e. The number of carbonyl (C=O) groups excluding carboxylic acids is 1. The van der Waals surface area contributed by atoms with Gasteiger partial charge in [0.1, 0.15) is 0 Å². The van der Waals surface area contributed by atoms with Crippen molar-refractivity contribution in [1.82, 2.24) is 19.8 Å². The van der Waals surface area contributed by atoms with E-state index < -0.39 is 0 Å². The zero-order chi connectivity index (χ0) is 17.5. The lowest BCUT2D eigenvalue weighted by atomic mass is 9.68. The van der Waals surface area contributed by atoms with Gasteiger partial charge in [-0.15, -0.1) is 0 Å². The van der Waals surface area contributed by atoms with Crippen LogP contribution in [0.5, 0.6) is 0 Å². The number of fused-ring (bicyclic) bond motifs is 2. The van der Waals surface area contributed by atoms with E-state index in [2.05, 4.69) is 25.8 Å². The van der Waals surface area contributed by atoms with Crippen LogP contribution in [0.2, 0.25) is 0 Å². The molecule has 4 fully saturated rings. The molecule has 26 heavy (non-hydrogen) atoms. The van der Waals surface area contributed by atoms with Crippen LogP contribution in [-0.2, 0) is 6.54 Å². The molecule has 1 N–H and O–H groups in total. The molecule has 2 unspecified atom stereocenters. The summed E-state index contributed by atoms with van der Waals surface area (Å²) in [5.74, 6) is 2.50. The van der Waals surface area contributed by atoms with Crippen molar-refractivity contribution in [2.24, 2.45) is 17.8 Å². The maximum absolute atomic E-state index is 12.8. The molecule has 2 aromatic rings. The maximum Gasteiger partial charge on any atom is 0.317 e. The highest BCUT2D eigenvalue weighted by Gasteiger charge is 2.43. The van der Waals surface area contributed by atoms with Crippen LogP contribution in [0.25, 0.3) is 11.0 Å². The van der Waals surface area contributed by atoms with Crippen molar-refractivity contribution in [2.45, 2.75) is 51.1 Å². The lowest BCUT2D eigenvalue weighted by Crippen LogP contribution is -2.47. The van der Waals surface area contributed by atoms with Gasteiger partial charge in [0.05, 0.1) is 17.4 Å². The summed E-state index contributed by atoms with van der Waals surface area (Å²) in [6.07, 6.45) is 9.43. The second-order valence-corrected chi connectivity index (χ2v) is 8.59. The predicted molar refractivity (Wildman–Crippen MR) is 102 cm³/mol. The fourth-order valence-corrected chi connectivity index (χ4v) is 5.77. The number of aryl methyl sites for hydroxylation is 1. The van der Waals surface area contributed by atoms with Crippen molar-refractivity contribution in [3.63, 3.8) is 0 Å². The lowest BCUT2D eigenvalue weighted by Gasteiger charge is -2.38. The Bertz CT molecular complexity index is 786. The van der Waals surface area contributed by atoms with E-state index in [1.54, 1.807) is 0 Å². The molecule has 2 saturated carbocycles. The Labute approximate surface area is 154 Å². The van der Waals surface area contributed by atoms with Crippen LogP contribution in [0.4, 0.5) is 4.79 Å². The largest absolute Gasteiger partial charge is 0.338 e. The van der Waals surface area contributed by atoms with Gasteiger partial charge in [0.25, 0.3) is 0 Å². The zero-order valence-electron chi connectivity index (χ0n) is 15.3. The number of para-hydroxylation sites is 2. The van der Waals surface area contributed by atoms with Gasteiger partial charge in [0, 0.05) is 25.7 Å². The molecule has 4 aliphatic rings. The summed E-state index contributed by atoms with van der Waals surface area (Å²) in [7, 11) is 0. The van der Waals surface area contributed by atoms with Crippen molar-refractivity contribution < 1.29 is 4.79 Å². The second kappa shape index (κ2) is 6.60. The minimum absolute atomic E-state index is 0.165. The van der Waals surface area contributed by atoms with E-state index in [0.29, 0.717) is 6.04 Å². The first-order valence-corrected chi connectivity index (χ1v) is 10.2. The average molecular weight is 352 g/mol. The standard InChI is InChI=1S/C21H28N4O/c26-21(25-13-17-9-15-8-16(10-17)12-18(25)11-15)22-6-3-7-24-14-23-19-4-1-2-5-20(19)24/h1-2,4-5,14-18H,3,6-13H2,(H,22,26). The third kappa shape index (κ3) is 2.97. The van der Waals surface area contributed by atoms with Crippen LogP contribution < -0.4 is 5.32 Å². The Kier molecular flexibility index (Phi) is 4.10. The topological polar surface area (TPSA) is 50.2 Å². The van der Waals surface area contributed by atoms with E-state index in [9.17, 15) is 4.79 Å². The number of urea groups is 1. The second-order valence-electron chi connectivity index (χ2n) is 8.59. The summed E-state index contributed by atoms with van der Waals surface area (Å²) < 4.78 is 2.17. The molecule has 2 aliphatic carbocycles. The predicted octanol–water partition coefficient (Wildman–Crippen LogP) is 3.65. The van der Waals surface area contributed by atoms with Crippen LogP contribution in [0, 0.1) is 17.8 Å². The van der Waals surface area contributed by atoms with Crippen molar-refractivity contribution in [2.75, 3.05) is 13.1 Å². The number of carbonyl (C=O) groups is 1. The Morgan fingerprint density at radius 1 is 1.08 bits per heavy atom. The molecular formula is C21H28N4O. The number of amides is 2. The SMILES string of the molecule is O=C(NCCCn1cnc2ccccc21)N1CC2CC3CC(C2)CC1C3.